The van der Waals surface area contributed by atoms with Crippen molar-refractivity contribution < 1.29 is 14.5 Å². The third-order valence-corrected chi connectivity index (χ3v) is 6.21. The van der Waals surface area contributed by atoms with Gasteiger partial charge < -0.3 is 14.5 Å². The minimum Gasteiger partial charge on any atom is -0.377 e. The maximum Gasteiger partial charge on any atom is 0.269 e. The van der Waals surface area contributed by atoms with E-state index in [9.17, 15) is 14.9 Å². The molecule has 3 aromatic rings. The number of amides is 1. The van der Waals surface area contributed by atoms with Gasteiger partial charge in [-0.1, -0.05) is 0 Å². The number of nitrogens with zero attached hydrogens (tertiary/aromatic N) is 6. The highest BCUT2D eigenvalue weighted by molar-refractivity contribution is 5.94. The van der Waals surface area contributed by atoms with Gasteiger partial charge in [0.2, 0.25) is 0 Å². The molecule has 34 heavy (non-hydrogen) atoms. The van der Waals surface area contributed by atoms with E-state index in [0.29, 0.717) is 56.2 Å². The Morgan fingerprint density at radius 2 is 2.00 bits per heavy atom. The number of rotatable bonds is 4. The van der Waals surface area contributed by atoms with Crippen LogP contribution in [0.25, 0.3) is 11.4 Å². The number of morpholine rings is 1. The number of pyridine rings is 1. The summed E-state index contributed by atoms with van der Waals surface area (Å²) >= 11 is 0. The summed E-state index contributed by atoms with van der Waals surface area (Å²) in [5, 5.41) is 11.1. The number of nitro groups is 1. The molecule has 1 fully saturated rings. The van der Waals surface area contributed by atoms with Crippen LogP contribution in [0, 0.1) is 10.1 Å². The van der Waals surface area contributed by atoms with Crippen molar-refractivity contribution in [2.45, 2.75) is 25.9 Å². The van der Waals surface area contributed by atoms with Crippen LogP contribution < -0.4 is 4.90 Å². The Kier molecular flexibility index (Phi) is 5.89. The number of nitro benzene ring substituents is 1. The van der Waals surface area contributed by atoms with Crippen LogP contribution >= 0.6 is 0 Å². The van der Waals surface area contributed by atoms with Gasteiger partial charge in [-0.15, -0.1) is 0 Å². The van der Waals surface area contributed by atoms with Crippen molar-refractivity contribution in [2.24, 2.45) is 0 Å². The summed E-state index contributed by atoms with van der Waals surface area (Å²) in [5.74, 6) is 1.25. The Morgan fingerprint density at radius 3 is 2.71 bits per heavy atom. The maximum absolute atomic E-state index is 13.1. The quantitative estimate of drug-likeness (QED) is 0.431. The summed E-state index contributed by atoms with van der Waals surface area (Å²) in [7, 11) is 0. The van der Waals surface area contributed by atoms with E-state index in [4.69, 9.17) is 14.7 Å². The zero-order chi connectivity index (χ0) is 23.7. The molecule has 0 spiro atoms. The summed E-state index contributed by atoms with van der Waals surface area (Å²) in [4.78, 5) is 41.5. The summed E-state index contributed by atoms with van der Waals surface area (Å²) in [5.41, 5.74) is 3.07. The predicted molar refractivity (Wildman–Crippen MR) is 124 cm³/mol. The highest BCUT2D eigenvalue weighted by Gasteiger charge is 2.30. The number of benzene rings is 1. The third-order valence-electron chi connectivity index (χ3n) is 6.21. The molecule has 2 aliphatic rings. The van der Waals surface area contributed by atoms with Gasteiger partial charge in [0.05, 0.1) is 42.0 Å². The standard InChI is InChI=1S/C24H24N6O4/c1-16-15-34-12-11-29(16)23-20-8-10-28(24(31)18-3-2-9-25-13-18)14-21(20)26-22(27-23)17-4-6-19(7-5-17)30(32)33/h2-7,9,13,16H,8,10-12,14-15H2,1H3/t16-/m0/s1. The van der Waals surface area contributed by atoms with Crippen LogP contribution in [0.15, 0.2) is 48.8 Å². The number of hydrogen-bond acceptors (Lipinski definition) is 8. The number of fused-ring (bicyclic) bond motifs is 1. The number of non-ortho nitro benzene ring substituents is 1. The molecule has 5 rings (SSSR count). The van der Waals surface area contributed by atoms with Crippen molar-refractivity contribution in [1.29, 1.82) is 0 Å². The molecule has 1 saturated heterocycles. The molecule has 2 aromatic heterocycles. The zero-order valence-corrected chi connectivity index (χ0v) is 18.8. The molecule has 0 aliphatic carbocycles. The number of anilines is 1. The Hall–Kier alpha value is -3.92. The van der Waals surface area contributed by atoms with Crippen molar-refractivity contribution in [1.82, 2.24) is 19.9 Å². The molecular formula is C24H24N6O4. The van der Waals surface area contributed by atoms with E-state index in [1.54, 1.807) is 41.6 Å². The van der Waals surface area contributed by atoms with E-state index < -0.39 is 4.92 Å². The SMILES string of the molecule is C[C@H]1COCCN1c1nc(-c2ccc([N+](=O)[O-])cc2)nc2c1CCN(C(=O)c1cccnc1)C2. The molecular weight excluding hydrogens is 436 g/mol. The lowest BCUT2D eigenvalue weighted by molar-refractivity contribution is -0.384. The fourth-order valence-corrected chi connectivity index (χ4v) is 4.40. The molecule has 0 saturated carbocycles. The van der Waals surface area contributed by atoms with E-state index in [0.717, 1.165) is 17.1 Å². The van der Waals surface area contributed by atoms with Gasteiger partial charge in [-0.25, -0.2) is 9.97 Å². The number of hydrogen-bond donors (Lipinski definition) is 0. The number of carbonyl (C=O) groups is 1. The molecule has 0 N–H and O–H groups in total. The first-order valence-corrected chi connectivity index (χ1v) is 11.2. The summed E-state index contributed by atoms with van der Waals surface area (Å²) in [6.07, 6.45) is 3.85. The largest absolute Gasteiger partial charge is 0.377 e. The van der Waals surface area contributed by atoms with Crippen LogP contribution in [-0.4, -0.2) is 63.0 Å². The Balaban J connectivity index is 1.54. The first kappa shape index (κ1) is 21.9. The first-order valence-electron chi connectivity index (χ1n) is 11.2. The fourth-order valence-electron chi connectivity index (χ4n) is 4.40. The van der Waals surface area contributed by atoms with Crippen molar-refractivity contribution in [2.75, 3.05) is 31.2 Å². The smallest absolute Gasteiger partial charge is 0.269 e. The molecule has 4 heterocycles. The summed E-state index contributed by atoms with van der Waals surface area (Å²) in [6.45, 7) is 4.95. The Bertz CT molecular complexity index is 1220. The Labute approximate surface area is 196 Å². The van der Waals surface area contributed by atoms with Gasteiger partial charge in [-0.05, 0) is 37.6 Å². The van der Waals surface area contributed by atoms with E-state index in [1.165, 1.54) is 12.1 Å². The van der Waals surface area contributed by atoms with Crippen LogP contribution in [0.4, 0.5) is 11.5 Å². The van der Waals surface area contributed by atoms with E-state index >= 15 is 0 Å². The van der Waals surface area contributed by atoms with Crippen LogP contribution in [0.5, 0.6) is 0 Å². The average molecular weight is 460 g/mol. The molecule has 174 valence electrons. The number of aromatic nitrogens is 3. The lowest BCUT2D eigenvalue weighted by Crippen LogP contribution is -2.45. The second kappa shape index (κ2) is 9.14. The van der Waals surface area contributed by atoms with Crippen LogP contribution in [-0.2, 0) is 17.7 Å². The van der Waals surface area contributed by atoms with Crippen LogP contribution in [0.1, 0.15) is 28.5 Å². The molecule has 10 nitrogen and oxygen atoms in total. The summed E-state index contributed by atoms with van der Waals surface area (Å²) < 4.78 is 5.62. The minimum atomic E-state index is -0.430. The maximum atomic E-state index is 13.1. The molecule has 0 radical (unpaired) electrons. The highest BCUT2D eigenvalue weighted by atomic mass is 16.6. The molecule has 2 aliphatic heterocycles. The van der Waals surface area contributed by atoms with E-state index in [-0.39, 0.29) is 17.6 Å². The van der Waals surface area contributed by atoms with Gasteiger partial charge in [0, 0.05) is 48.7 Å². The number of carbonyl (C=O) groups excluding carboxylic acids is 1. The van der Waals surface area contributed by atoms with Crippen molar-refractivity contribution in [3.8, 4) is 11.4 Å². The highest BCUT2D eigenvalue weighted by Crippen LogP contribution is 2.32. The molecule has 0 bridgehead atoms. The van der Waals surface area contributed by atoms with Gasteiger partial charge >= 0.3 is 0 Å². The van der Waals surface area contributed by atoms with Crippen LogP contribution in [0.2, 0.25) is 0 Å². The molecule has 1 atom stereocenters. The third kappa shape index (κ3) is 4.19. The second-order valence-electron chi connectivity index (χ2n) is 8.44. The molecule has 1 amide bonds. The molecule has 0 unspecified atom stereocenters. The van der Waals surface area contributed by atoms with Gasteiger partial charge in [-0.2, -0.15) is 0 Å². The summed E-state index contributed by atoms with van der Waals surface area (Å²) in [6, 6.07) is 9.88. The lowest BCUT2D eigenvalue weighted by Gasteiger charge is -2.37. The molecule has 1 aromatic carbocycles. The predicted octanol–water partition coefficient (Wildman–Crippen LogP) is 2.87. The second-order valence-corrected chi connectivity index (χ2v) is 8.44. The fraction of sp³-hybridized carbons (Fsp3) is 0.333. The Morgan fingerprint density at radius 1 is 1.18 bits per heavy atom. The van der Waals surface area contributed by atoms with Gasteiger partial charge in [0.1, 0.15) is 5.82 Å². The topological polar surface area (TPSA) is 115 Å². The van der Waals surface area contributed by atoms with Crippen molar-refractivity contribution >= 4 is 17.4 Å². The first-order chi connectivity index (χ1) is 16.5. The zero-order valence-electron chi connectivity index (χ0n) is 18.8. The van der Waals surface area contributed by atoms with Gasteiger partial charge in [-0.3, -0.25) is 19.9 Å². The van der Waals surface area contributed by atoms with E-state index in [2.05, 4.69) is 16.8 Å². The minimum absolute atomic E-state index is 0.0111. The normalized spacial score (nSPS) is 17.9. The lowest BCUT2D eigenvalue weighted by atomic mass is 10.0. The monoisotopic (exact) mass is 460 g/mol. The van der Waals surface area contributed by atoms with Gasteiger partial charge in [0.15, 0.2) is 5.82 Å². The van der Waals surface area contributed by atoms with E-state index in [1.807, 2.05) is 0 Å². The number of ether oxygens (including phenoxy) is 1. The van der Waals surface area contributed by atoms with Gasteiger partial charge in [0.25, 0.3) is 11.6 Å². The van der Waals surface area contributed by atoms with Crippen molar-refractivity contribution in [3.63, 3.8) is 0 Å². The van der Waals surface area contributed by atoms with Crippen molar-refractivity contribution in [3.05, 3.63) is 75.7 Å². The van der Waals surface area contributed by atoms with Crippen LogP contribution in [0.3, 0.4) is 0 Å². The average Bonchev–Trinajstić information content (AvgIpc) is 2.88. The molecule has 10 heteroatoms.